The number of thiazole rings is 2. The second kappa shape index (κ2) is 10.0. The maximum atomic E-state index is 13.5. The molecule has 4 aromatic rings. The summed E-state index contributed by atoms with van der Waals surface area (Å²) in [5, 5.41) is 3.44. The van der Waals surface area contributed by atoms with E-state index in [-0.39, 0.29) is 17.7 Å². The van der Waals surface area contributed by atoms with Gasteiger partial charge in [0.1, 0.15) is 20.0 Å². The van der Waals surface area contributed by atoms with Crippen molar-refractivity contribution in [3.8, 4) is 5.75 Å². The zero-order chi connectivity index (χ0) is 26.3. The Bertz CT molecular complexity index is 1650. The van der Waals surface area contributed by atoms with Crippen molar-refractivity contribution in [2.45, 2.75) is 31.1 Å². The molecule has 0 saturated carbocycles. The summed E-state index contributed by atoms with van der Waals surface area (Å²) in [6.45, 7) is 2.46. The second-order valence-electron chi connectivity index (χ2n) is 8.29. The molecule has 1 aliphatic rings. The van der Waals surface area contributed by atoms with Crippen LogP contribution >= 0.6 is 34.4 Å². The monoisotopic (exact) mass is 562 g/mol. The first-order valence-corrected chi connectivity index (χ1v) is 13.9. The number of ether oxygens (including phenoxy) is 1. The molecule has 0 aliphatic carbocycles. The number of anilines is 1. The first-order chi connectivity index (χ1) is 17.7. The van der Waals surface area contributed by atoms with Gasteiger partial charge in [-0.15, -0.1) is 11.3 Å². The third kappa shape index (κ3) is 4.83. The maximum Gasteiger partial charge on any atom is 0.416 e. The molecule has 5 rings (SSSR count). The van der Waals surface area contributed by atoms with Crippen LogP contribution in [0.4, 0.5) is 18.9 Å². The minimum absolute atomic E-state index is 0.0761. The van der Waals surface area contributed by atoms with Gasteiger partial charge >= 0.3 is 6.18 Å². The molecule has 1 aliphatic heterocycles. The highest BCUT2D eigenvalue weighted by atomic mass is 32.2. The van der Waals surface area contributed by atoms with Crippen molar-refractivity contribution in [1.29, 1.82) is 0 Å². The Hall–Kier alpha value is -3.02. The SMILES string of the molecule is CCn1c(=O)/c(=C2\Sc3ccc(OC)cc3N2C)s/c1=C\c1scc[n+]1Cc1ccccc1C(F)(F)F. The number of rotatable bonds is 5. The number of nitrogens with zero attached hydrogens (tertiary/aromatic N) is 3. The van der Waals surface area contributed by atoms with Crippen LogP contribution in [0.1, 0.15) is 23.1 Å². The molecule has 2 aromatic heterocycles. The molecule has 0 saturated heterocycles. The van der Waals surface area contributed by atoms with Crippen molar-refractivity contribution in [2.24, 2.45) is 0 Å². The molecule has 0 unspecified atom stereocenters. The highest BCUT2D eigenvalue weighted by Crippen LogP contribution is 2.46. The molecule has 0 N–H and O–H groups in total. The lowest BCUT2D eigenvalue weighted by Gasteiger charge is -2.13. The van der Waals surface area contributed by atoms with Crippen LogP contribution in [0.3, 0.4) is 0 Å². The minimum Gasteiger partial charge on any atom is -0.497 e. The van der Waals surface area contributed by atoms with E-state index in [1.165, 1.54) is 34.8 Å². The normalized spacial score (nSPS) is 15.4. The van der Waals surface area contributed by atoms with Crippen molar-refractivity contribution in [3.05, 3.63) is 89.7 Å². The lowest BCUT2D eigenvalue weighted by molar-refractivity contribution is -0.685. The zero-order valence-corrected chi connectivity index (χ0v) is 22.7. The quantitative estimate of drug-likeness (QED) is 0.336. The van der Waals surface area contributed by atoms with Crippen molar-refractivity contribution in [3.63, 3.8) is 0 Å². The number of benzene rings is 2. The number of thioether (sulfide) groups is 1. The summed E-state index contributed by atoms with van der Waals surface area (Å²) in [5.41, 5.74) is 0.441. The number of aromatic nitrogens is 2. The molecular formula is C26H23F3N3O2S3+. The van der Waals surface area contributed by atoms with Gasteiger partial charge < -0.3 is 9.64 Å². The largest absolute Gasteiger partial charge is 0.497 e. The lowest BCUT2D eigenvalue weighted by atomic mass is 10.1. The molecule has 0 bridgehead atoms. The minimum atomic E-state index is -4.42. The van der Waals surface area contributed by atoms with Crippen LogP contribution in [0.2, 0.25) is 0 Å². The highest BCUT2D eigenvalue weighted by Gasteiger charge is 2.34. The van der Waals surface area contributed by atoms with Gasteiger partial charge in [0, 0.05) is 30.1 Å². The maximum absolute atomic E-state index is 13.5. The smallest absolute Gasteiger partial charge is 0.416 e. The standard InChI is InChI=1S/C26H23F3N3O2S3/c1-4-32-22(14-21-31(11-12-35-21)15-16-7-5-6-8-18(16)26(27,28)29)37-23(24(32)33)25-30(2)19-13-17(34-3)9-10-20(19)36-25/h5-14H,4,15H2,1-3H3/q+1/b25-23+. The molecule has 192 valence electrons. The van der Waals surface area contributed by atoms with Crippen molar-refractivity contribution < 1.29 is 22.5 Å². The summed E-state index contributed by atoms with van der Waals surface area (Å²) in [7, 11) is 3.55. The second-order valence-corrected chi connectivity index (χ2v) is 11.3. The van der Waals surface area contributed by atoms with Gasteiger partial charge in [0.05, 0.1) is 29.8 Å². The Morgan fingerprint density at radius 2 is 1.95 bits per heavy atom. The number of halogens is 3. The molecule has 0 atom stereocenters. The molecule has 2 aromatic carbocycles. The lowest BCUT2D eigenvalue weighted by Crippen LogP contribution is -2.37. The Kier molecular flexibility index (Phi) is 6.95. The van der Waals surface area contributed by atoms with Gasteiger partial charge in [0.15, 0.2) is 12.7 Å². The Labute approximate surface area is 223 Å². The summed E-state index contributed by atoms with van der Waals surface area (Å²) in [4.78, 5) is 16.5. The Balaban J connectivity index is 1.58. The molecule has 0 spiro atoms. The Morgan fingerprint density at radius 3 is 2.68 bits per heavy atom. The van der Waals surface area contributed by atoms with Gasteiger partial charge in [-0.25, -0.2) is 0 Å². The average molecular weight is 563 g/mol. The summed E-state index contributed by atoms with van der Waals surface area (Å²) < 4.78 is 50.8. The molecule has 0 fully saturated rings. The van der Waals surface area contributed by atoms with Crippen molar-refractivity contribution in [1.82, 2.24) is 4.57 Å². The number of methoxy groups -OCH3 is 1. The van der Waals surface area contributed by atoms with Gasteiger partial charge in [-0.3, -0.25) is 9.36 Å². The van der Waals surface area contributed by atoms with E-state index in [1.807, 2.05) is 48.5 Å². The van der Waals surface area contributed by atoms with E-state index in [0.29, 0.717) is 11.1 Å². The molecule has 0 amide bonds. The van der Waals surface area contributed by atoms with E-state index in [2.05, 4.69) is 0 Å². The fourth-order valence-electron chi connectivity index (χ4n) is 4.21. The fraction of sp³-hybridized carbons (Fsp3) is 0.231. The predicted molar refractivity (Wildman–Crippen MR) is 143 cm³/mol. The van der Waals surface area contributed by atoms with E-state index in [4.69, 9.17) is 4.74 Å². The highest BCUT2D eigenvalue weighted by molar-refractivity contribution is 8.08. The van der Waals surface area contributed by atoms with Crippen LogP contribution in [0, 0.1) is 0 Å². The summed E-state index contributed by atoms with van der Waals surface area (Å²) >= 11 is 4.35. The van der Waals surface area contributed by atoms with Crippen LogP contribution in [0.15, 0.2) is 63.7 Å². The van der Waals surface area contributed by atoms with Crippen LogP contribution in [0.5, 0.6) is 5.75 Å². The third-order valence-electron chi connectivity index (χ3n) is 6.08. The molecule has 37 heavy (non-hydrogen) atoms. The molecular weight excluding hydrogens is 540 g/mol. The predicted octanol–water partition coefficient (Wildman–Crippen LogP) is 4.49. The van der Waals surface area contributed by atoms with Crippen LogP contribution in [-0.4, -0.2) is 18.7 Å². The van der Waals surface area contributed by atoms with Crippen molar-refractivity contribution >= 4 is 51.2 Å². The van der Waals surface area contributed by atoms with Crippen LogP contribution in [-0.2, 0) is 19.3 Å². The van der Waals surface area contributed by atoms with Gasteiger partial charge in [0.25, 0.3) is 10.6 Å². The number of alkyl halides is 3. The van der Waals surface area contributed by atoms with Gasteiger partial charge in [0.2, 0.25) is 0 Å². The number of hydrogen-bond donors (Lipinski definition) is 0. The fourth-order valence-corrected chi connectivity index (χ4v) is 7.50. The van der Waals surface area contributed by atoms with E-state index < -0.39 is 11.7 Å². The average Bonchev–Trinajstić information content (AvgIpc) is 3.54. The van der Waals surface area contributed by atoms with Gasteiger partial charge in [-0.2, -0.15) is 17.7 Å². The van der Waals surface area contributed by atoms with Gasteiger partial charge in [-0.05, 0) is 25.1 Å². The first kappa shape index (κ1) is 25.6. The summed E-state index contributed by atoms with van der Waals surface area (Å²) in [6, 6.07) is 11.4. The molecule has 3 heterocycles. The van der Waals surface area contributed by atoms with E-state index in [1.54, 1.807) is 40.3 Å². The Morgan fingerprint density at radius 1 is 1.16 bits per heavy atom. The van der Waals surface area contributed by atoms with Gasteiger partial charge in [-0.1, -0.05) is 41.3 Å². The molecule has 5 nitrogen and oxygen atoms in total. The number of hydrogen-bond acceptors (Lipinski definition) is 6. The molecule has 0 radical (unpaired) electrons. The summed E-state index contributed by atoms with van der Waals surface area (Å²) in [5.74, 6) is 0.743. The summed E-state index contributed by atoms with van der Waals surface area (Å²) in [6.07, 6.45) is -0.769. The van der Waals surface area contributed by atoms with E-state index in [0.717, 1.165) is 37.1 Å². The first-order valence-electron chi connectivity index (χ1n) is 11.4. The number of fused-ring (bicyclic) bond motifs is 1. The van der Waals surface area contributed by atoms with E-state index in [9.17, 15) is 18.0 Å². The third-order valence-corrected chi connectivity index (χ3v) is 9.42. The zero-order valence-electron chi connectivity index (χ0n) is 20.2. The van der Waals surface area contributed by atoms with Crippen molar-refractivity contribution in [2.75, 3.05) is 19.1 Å². The molecule has 11 heteroatoms. The van der Waals surface area contributed by atoms with Crippen LogP contribution < -0.4 is 29.0 Å². The van der Waals surface area contributed by atoms with E-state index >= 15 is 0 Å². The van der Waals surface area contributed by atoms with Crippen LogP contribution in [0.25, 0.3) is 11.1 Å². The topological polar surface area (TPSA) is 38.4 Å².